The molecule has 1 aliphatic carbocycles. The lowest BCUT2D eigenvalue weighted by Gasteiger charge is -2.14. The van der Waals surface area contributed by atoms with Crippen molar-refractivity contribution in [3.63, 3.8) is 0 Å². The molecule has 3 aromatic carbocycles. The van der Waals surface area contributed by atoms with Crippen molar-refractivity contribution < 1.29 is 17.9 Å². The zero-order valence-corrected chi connectivity index (χ0v) is 19.8. The van der Waals surface area contributed by atoms with E-state index in [9.17, 15) is 8.78 Å². The molecule has 2 heterocycles. The summed E-state index contributed by atoms with van der Waals surface area (Å²) in [5, 5.41) is 0.844. The molecule has 1 aliphatic rings. The van der Waals surface area contributed by atoms with Crippen LogP contribution in [-0.4, -0.2) is 15.0 Å². The van der Waals surface area contributed by atoms with Crippen molar-refractivity contribution in [3.05, 3.63) is 101 Å². The highest BCUT2D eigenvalue weighted by molar-refractivity contribution is 5.85. The molecule has 7 heteroatoms. The van der Waals surface area contributed by atoms with Crippen molar-refractivity contribution >= 4 is 10.9 Å². The van der Waals surface area contributed by atoms with E-state index in [1.54, 1.807) is 25.4 Å². The molecule has 2 aromatic heterocycles. The van der Waals surface area contributed by atoms with Gasteiger partial charge in [-0.2, -0.15) is 0 Å². The van der Waals surface area contributed by atoms with E-state index in [0.29, 0.717) is 28.3 Å². The summed E-state index contributed by atoms with van der Waals surface area (Å²) in [6.07, 6.45) is 5.37. The minimum absolute atomic E-state index is 0.0828. The van der Waals surface area contributed by atoms with Crippen LogP contribution in [0.3, 0.4) is 0 Å². The quantitative estimate of drug-likeness (QED) is 0.254. The molecule has 0 radical (unpaired) electrons. The Hall–Kier alpha value is -4.00. The molecule has 4 nitrogen and oxygen atoms in total. The fourth-order valence-electron chi connectivity index (χ4n) is 4.79. The first-order chi connectivity index (χ1) is 17.4. The second-order valence-corrected chi connectivity index (χ2v) is 9.43. The standard InChI is InChI=1S/C29H24F3N3O/c1-15(20-4-3-5-21(27(20)32)17-6-7-17)26-14-34-29(35-26)22-12-18(8-9-23(22)30)36-28-16(2)19-10-11-33-25(19)13-24(28)31/h3-5,8-15,17,33H,6-7H2,1-2H3,(H,34,35). The maximum absolute atomic E-state index is 15.2. The lowest BCUT2D eigenvalue weighted by Crippen LogP contribution is -2.02. The highest BCUT2D eigenvalue weighted by atomic mass is 19.1. The Kier molecular flexibility index (Phi) is 5.36. The van der Waals surface area contributed by atoms with Crippen LogP contribution >= 0.6 is 0 Å². The number of aromatic nitrogens is 3. The van der Waals surface area contributed by atoms with Gasteiger partial charge < -0.3 is 14.7 Å². The minimum atomic E-state index is -0.516. The average molecular weight is 488 g/mol. The lowest BCUT2D eigenvalue weighted by atomic mass is 9.94. The summed E-state index contributed by atoms with van der Waals surface area (Å²) in [6.45, 7) is 3.67. The molecule has 36 heavy (non-hydrogen) atoms. The van der Waals surface area contributed by atoms with Crippen LogP contribution in [0.25, 0.3) is 22.3 Å². The number of aromatic amines is 2. The van der Waals surface area contributed by atoms with Crippen LogP contribution in [0.15, 0.2) is 60.9 Å². The Morgan fingerprint density at radius 2 is 1.86 bits per heavy atom. The van der Waals surface area contributed by atoms with E-state index < -0.39 is 11.6 Å². The van der Waals surface area contributed by atoms with E-state index in [4.69, 9.17) is 4.74 Å². The molecule has 1 atom stereocenters. The molecule has 0 spiro atoms. The van der Waals surface area contributed by atoms with Gasteiger partial charge in [-0.05, 0) is 61.1 Å². The predicted octanol–water partition coefficient (Wildman–Crippen LogP) is 8.11. The zero-order chi connectivity index (χ0) is 25.0. The van der Waals surface area contributed by atoms with Gasteiger partial charge in [-0.3, -0.25) is 0 Å². The number of hydrogen-bond acceptors (Lipinski definition) is 2. The molecular formula is C29H24F3N3O. The van der Waals surface area contributed by atoms with Crippen molar-refractivity contribution in [1.29, 1.82) is 0 Å². The van der Waals surface area contributed by atoms with Crippen LogP contribution in [-0.2, 0) is 0 Å². The zero-order valence-electron chi connectivity index (χ0n) is 19.8. The number of fused-ring (bicyclic) bond motifs is 1. The van der Waals surface area contributed by atoms with E-state index in [1.165, 1.54) is 24.3 Å². The summed E-state index contributed by atoms with van der Waals surface area (Å²) in [6, 6.07) is 12.9. The fourth-order valence-corrected chi connectivity index (χ4v) is 4.79. The number of halogens is 3. The van der Waals surface area contributed by atoms with Gasteiger partial charge in [-0.15, -0.1) is 0 Å². The molecule has 2 N–H and O–H groups in total. The number of benzene rings is 3. The summed E-state index contributed by atoms with van der Waals surface area (Å²) in [7, 11) is 0. The van der Waals surface area contributed by atoms with Gasteiger partial charge in [-0.1, -0.05) is 25.1 Å². The van der Waals surface area contributed by atoms with Crippen LogP contribution < -0.4 is 4.74 Å². The topological polar surface area (TPSA) is 53.7 Å². The summed E-state index contributed by atoms with van der Waals surface area (Å²) < 4.78 is 50.6. The smallest absolute Gasteiger partial charge is 0.168 e. The summed E-state index contributed by atoms with van der Waals surface area (Å²) in [5.74, 6) is -0.542. The Balaban J connectivity index is 1.31. The highest BCUT2D eigenvalue weighted by Crippen LogP contribution is 2.43. The number of imidazole rings is 1. The molecule has 0 aliphatic heterocycles. The first-order valence-electron chi connectivity index (χ1n) is 12.0. The Bertz CT molecular complexity index is 1600. The number of hydrogen-bond donors (Lipinski definition) is 2. The van der Waals surface area contributed by atoms with Crippen molar-refractivity contribution in [1.82, 2.24) is 15.0 Å². The van der Waals surface area contributed by atoms with Gasteiger partial charge >= 0.3 is 0 Å². The number of H-pyrrole nitrogens is 2. The molecule has 1 fully saturated rings. The van der Waals surface area contributed by atoms with Crippen LogP contribution in [0, 0.1) is 24.4 Å². The van der Waals surface area contributed by atoms with Gasteiger partial charge in [0.25, 0.3) is 0 Å². The van der Waals surface area contributed by atoms with Crippen molar-refractivity contribution in [2.45, 2.75) is 38.5 Å². The lowest BCUT2D eigenvalue weighted by molar-refractivity contribution is 0.439. The second-order valence-electron chi connectivity index (χ2n) is 9.43. The molecule has 6 rings (SSSR count). The van der Waals surface area contributed by atoms with Gasteiger partial charge in [0.15, 0.2) is 11.6 Å². The Morgan fingerprint density at radius 1 is 1.03 bits per heavy atom. The van der Waals surface area contributed by atoms with Gasteiger partial charge in [-0.25, -0.2) is 18.2 Å². The summed E-state index contributed by atoms with van der Waals surface area (Å²) >= 11 is 0. The van der Waals surface area contributed by atoms with Crippen molar-refractivity contribution in [2.75, 3.05) is 0 Å². The molecule has 1 unspecified atom stereocenters. The Labute approximate surface area is 206 Å². The highest BCUT2D eigenvalue weighted by Gasteiger charge is 2.29. The van der Waals surface area contributed by atoms with Crippen LogP contribution in [0.4, 0.5) is 13.2 Å². The molecule has 182 valence electrons. The van der Waals surface area contributed by atoms with E-state index in [1.807, 2.05) is 25.1 Å². The maximum atomic E-state index is 15.2. The van der Waals surface area contributed by atoms with Gasteiger partial charge in [0.2, 0.25) is 0 Å². The van der Waals surface area contributed by atoms with Crippen LogP contribution in [0.1, 0.15) is 54.0 Å². The molecule has 0 saturated heterocycles. The normalized spacial score (nSPS) is 14.4. The third-order valence-electron chi connectivity index (χ3n) is 7.03. The van der Waals surface area contributed by atoms with Crippen molar-refractivity contribution in [3.8, 4) is 22.9 Å². The van der Waals surface area contributed by atoms with E-state index in [2.05, 4.69) is 15.0 Å². The number of nitrogens with one attached hydrogen (secondary N) is 2. The van der Waals surface area contributed by atoms with Gasteiger partial charge in [0.1, 0.15) is 23.2 Å². The third-order valence-corrected chi connectivity index (χ3v) is 7.03. The Morgan fingerprint density at radius 3 is 2.67 bits per heavy atom. The number of ether oxygens (including phenoxy) is 1. The minimum Gasteiger partial charge on any atom is -0.454 e. The maximum Gasteiger partial charge on any atom is 0.168 e. The number of nitrogens with zero attached hydrogens (tertiary/aromatic N) is 1. The molecule has 5 aromatic rings. The first kappa shape index (κ1) is 22.5. The average Bonchev–Trinajstić information content (AvgIpc) is 3.39. The molecule has 0 amide bonds. The molecular weight excluding hydrogens is 463 g/mol. The second kappa shape index (κ2) is 8.59. The van der Waals surface area contributed by atoms with E-state index in [-0.39, 0.29) is 34.6 Å². The first-order valence-corrected chi connectivity index (χ1v) is 12.0. The van der Waals surface area contributed by atoms with E-state index >= 15 is 4.39 Å². The molecule has 0 bridgehead atoms. The van der Waals surface area contributed by atoms with Gasteiger partial charge in [0.05, 0.1) is 5.56 Å². The van der Waals surface area contributed by atoms with Crippen molar-refractivity contribution in [2.24, 2.45) is 0 Å². The monoisotopic (exact) mass is 487 g/mol. The van der Waals surface area contributed by atoms with Crippen LogP contribution in [0.2, 0.25) is 0 Å². The van der Waals surface area contributed by atoms with Gasteiger partial charge in [0, 0.05) is 46.5 Å². The predicted molar refractivity (Wildman–Crippen MR) is 133 cm³/mol. The number of aryl methyl sites for hydroxylation is 1. The fraction of sp³-hybridized carbons (Fsp3) is 0.207. The van der Waals surface area contributed by atoms with E-state index in [0.717, 1.165) is 23.8 Å². The SMILES string of the molecule is Cc1c(Oc2ccc(F)c(-c3ncc(C(C)c4cccc(C5CC5)c4F)[nH]3)c2)c(F)cc2[nH]ccc12. The third kappa shape index (κ3) is 3.85. The molecule has 1 saturated carbocycles. The van der Waals surface area contributed by atoms with Crippen LogP contribution in [0.5, 0.6) is 11.5 Å². The summed E-state index contributed by atoms with van der Waals surface area (Å²) in [5.41, 5.74) is 3.50. The largest absolute Gasteiger partial charge is 0.454 e. The number of rotatable bonds is 6. The summed E-state index contributed by atoms with van der Waals surface area (Å²) in [4.78, 5) is 10.5.